The van der Waals surface area contributed by atoms with Crippen molar-refractivity contribution in [3.05, 3.63) is 12.0 Å². The molecule has 1 aliphatic heterocycles. The Morgan fingerprint density at radius 2 is 2.21 bits per heavy atom. The summed E-state index contributed by atoms with van der Waals surface area (Å²) in [5.74, 6) is 0.856. The first-order chi connectivity index (χ1) is 6.84. The number of hydrogen-bond donors (Lipinski definition) is 1. The van der Waals surface area contributed by atoms with Crippen molar-refractivity contribution in [1.82, 2.24) is 9.88 Å². The predicted molar refractivity (Wildman–Crippen MR) is 51.9 cm³/mol. The fourth-order valence-electron chi connectivity index (χ4n) is 1.53. The highest BCUT2D eigenvalue weighted by atomic mass is 16.5. The van der Waals surface area contributed by atoms with E-state index in [0.717, 1.165) is 45.0 Å². The summed E-state index contributed by atoms with van der Waals surface area (Å²) in [5.41, 5.74) is 5.38. The number of nitrogens with zero attached hydrogens (tertiary/aromatic N) is 2. The van der Waals surface area contributed by atoms with Crippen LogP contribution in [0.25, 0.3) is 0 Å². The number of rotatable bonds is 3. The van der Waals surface area contributed by atoms with Crippen LogP contribution in [0, 0.1) is 0 Å². The first kappa shape index (κ1) is 9.48. The topological polar surface area (TPSA) is 64.5 Å². The molecule has 1 aromatic heterocycles. The van der Waals surface area contributed by atoms with Gasteiger partial charge in [-0.15, -0.1) is 0 Å². The van der Waals surface area contributed by atoms with E-state index in [-0.39, 0.29) is 6.01 Å². The second kappa shape index (κ2) is 4.43. The van der Waals surface area contributed by atoms with Crippen molar-refractivity contribution in [2.75, 3.05) is 38.6 Å². The minimum atomic E-state index is 0.252. The van der Waals surface area contributed by atoms with Crippen LogP contribution in [0.2, 0.25) is 0 Å². The lowest BCUT2D eigenvalue weighted by Gasteiger charge is -2.25. The molecule has 0 saturated carbocycles. The van der Waals surface area contributed by atoms with Gasteiger partial charge in [0.15, 0.2) is 0 Å². The molecule has 2 heterocycles. The van der Waals surface area contributed by atoms with E-state index in [1.165, 1.54) is 0 Å². The highest BCUT2D eigenvalue weighted by molar-refractivity contribution is 5.11. The monoisotopic (exact) mass is 197 g/mol. The van der Waals surface area contributed by atoms with Gasteiger partial charge in [0.2, 0.25) is 0 Å². The Morgan fingerprint density at radius 3 is 2.86 bits per heavy atom. The molecule has 0 bridgehead atoms. The van der Waals surface area contributed by atoms with E-state index in [1.807, 2.05) is 0 Å². The van der Waals surface area contributed by atoms with Gasteiger partial charge in [-0.1, -0.05) is 0 Å². The van der Waals surface area contributed by atoms with Crippen LogP contribution in [-0.2, 0) is 11.2 Å². The third kappa shape index (κ3) is 2.46. The first-order valence-electron chi connectivity index (χ1n) is 4.85. The van der Waals surface area contributed by atoms with Crippen LogP contribution < -0.4 is 5.73 Å². The van der Waals surface area contributed by atoms with Crippen molar-refractivity contribution < 1.29 is 9.15 Å². The van der Waals surface area contributed by atoms with Crippen LogP contribution in [0.3, 0.4) is 0 Å². The van der Waals surface area contributed by atoms with E-state index in [1.54, 1.807) is 6.20 Å². The van der Waals surface area contributed by atoms with Crippen LogP contribution >= 0.6 is 0 Å². The molecule has 5 nitrogen and oxygen atoms in total. The first-order valence-corrected chi connectivity index (χ1v) is 4.85. The standard InChI is InChI=1S/C9H15N3O2/c10-9-11-7-8(14-9)1-2-12-3-5-13-6-4-12/h7H,1-6H2,(H2,10,11). The maximum absolute atomic E-state index is 5.38. The van der Waals surface area contributed by atoms with E-state index in [0.29, 0.717) is 0 Å². The van der Waals surface area contributed by atoms with Gasteiger partial charge in [-0.05, 0) is 0 Å². The molecule has 2 rings (SSSR count). The number of oxazole rings is 1. The smallest absolute Gasteiger partial charge is 0.292 e. The van der Waals surface area contributed by atoms with Crippen molar-refractivity contribution in [2.24, 2.45) is 0 Å². The van der Waals surface area contributed by atoms with Gasteiger partial charge in [0, 0.05) is 26.1 Å². The Kier molecular flexibility index (Phi) is 3.00. The van der Waals surface area contributed by atoms with Crippen LogP contribution in [0.5, 0.6) is 0 Å². The minimum absolute atomic E-state index is 0.252. The molecule has 14 heavy (non-hydrogen) atoms. The third-order valence-corrected chi connectivity index (χ3v) is 2.35. The highest BCUT2D eigenvalue weighted by Crippen LogP contribution is 2.06. The Hall–Kier alpha value is -1.07. The molecule has 0 radical (unpaired) electrons. The SMILES string of the molecule is Nc1ncc(CCN2CCOCC2)o1. The lowest BCUT2D eigenvalue weighted by Crippen LogP contribution is -2.37. The number of morpholine rings is 1. The fraction of sp³-hybridized carbons (Fsp3) is 0.667. The van der Waals surface area contributed by atoms with Crippen LogP contribution in [-0.4, -0.2) is 42.7 Å². The lowest BCUT2D eigenvalue weighted by molar-refractivity contribution is 0.0379. The quantitative estimate of drug-likeness (QED) is 0.746. The predicted octanol–water partition coefficient (Wildman–Crippen LogP) is 0.131. The normalized spacial score (nSPS) is 18.6. The van der Waals surface area contributed by atoms with Gasteiger partial charge in [0.25, 0.3) is 6.01 Å². The molecule has 0 aromatic carbocycles. The Balaban J connectivity index is 1.76. The van der Waals surface area contributed by atoms with E-state index < -0.39 is 0 Å². The number of anilines is 1. The number of hydrogen-bond acceptors (Lipinski definition) is 5. The molecule has 1 fully saturated rings. The maximum atomic E-state index is 5.38. The van der Waals surface area contributed by atoms with Crippen molar-refractivity contribution in [1.29, 1.82) is 0 Å². The van der Waals surface area contributed by atoms with Crippen molar-refractivity contribution in [2.45, 2.75) is 6.42 Å². The molecule has 1 aliphatic rings. The Bertz CT molecular complexity index is 281. The van der Waals surface area contributed by atoms with E-state index in [9.17, 15) is 0 Å². The molecule has 78 valence electrons. The molecular weight excluding hydrogens is 182 g/mol. The molecule has 0 aliphatic carbocycles. The number of nitrogen functional groups attached to an aromatic ring is 1. The van der Waals surface area contributed by atoms with Gasteiger partial charge in [-0.3, -0.25) is 4.90 Å². The molecule has 0 spiro atoms. The Labute approximate surface area is 82.8 Å². The van der Waals surface area contributed by atoms with Gasteiger partial charge in [-0.25, -0.2) is 4.98 Å². The summed E-state index contributed by atoms with van der Waals surface area (Å²) in [6, 6.07) is 0.252. The molecule has 1 aromatic rings. The average molecular weight is 197 g/mol. The lowest BCUT2D eigenvalue weighted by atomic mass is 10.3. The van der Waals surface area contributed by atoms with Crippen LogP contribution in [0.4, 0.5) is 6.01 Å². The molecule has 5 heteroatoms. The average Bonchev–Trinajstić information content (AvgIpc) is 2.63. The van der Waals surface area contributed by atoms with E-state index >= 15 is 0 Å². The van der Waals surface area contributed by atoms with Gasteiger partial charge in [0.05, 0.1) is 19.4 Å². The van der Waals surface area contributed by atoms with Crippen LogP contribution in [0.1, 0.15) is 5.76 Å². The van der Waals surface area contributed by atoms with Gasteiger partial charge in [-0.2, -0.15) is 0 Å². The number of aromatic nitrogens is 1. The highest BCUT2D eigenvalue weighted by Gasteiger charge is 2.10. The Morgan fingerprint density at radius 1 is 1.43 bits per heavy atom. The third-order valence-electron chi connectivity index (χ3n) is 2.35. The number of nitrogens with two attached hydrogens (primary N) is 1. The second-order valence-corrected chi connectivity index (χ2v) is 3.37. The summed E-state index contributed by atoms with van der Waals surface area (Å²) < 4.78 is 10.4. The van der Waals surface area contributed by atoms with Crippen molar-refractivity contribution in [3.8, 4) is 0 Å². The minimum Gasteiger partial charge on any atom is -0.429 e. The molecule has 1 saturated heterocycles. The van der Waals surface area contributed by atoms with Gasteiger partial charge in [0.1, 0.15) is 5.76 Å². The summed E-state index contributed by atoms with van der Waals surface area (Å²) in [6.07, 6.45) is 2.56. The molecule has 0 amide bonds. The van der Waals surface area contributed by atoms with Crippen LogP contribution in [0.15, 0.2) is 10.6 Å². The largest absolute Gasteiger partial charge is 0.429 e. The molecule has 0 unspecified atom stereocenters. The maximum Gasteiger partial charge on any atom is 0.292 e. The van der Waals surface area contributed by atoms with Crippen molar-refractivity contribution in [3.63, 3.8) is 0 Å². The fourth-order valence-corrected chi connectivity index (χ4v) is 1.53. The van der Waals surface area contributed by atoms with E-state index in [4.69, 9.17) is 14.9 Å². The van der Waals surface area contributed by atoms with Crippen molar-refractivity contribution >= 4 is 6.01 Å². The zero-order valence-corrected chi connectivity index (χ0v) is 8.11. The summed E-state index contributed by atoms with van der Waals surface area (Å²) in [4.78, 5) is 6.20. The molecule has 2 N–H and O–H groups in total. The summed E-state index contributed by atoms with van der Waals surface area (Å²) in [5, 5.41) is 0. The zero-order chi connectivity index (χ0) is 9.80. The summed E-state index contributed by atoms with van der Waals surface area (Å²) >= 11 is 0. The number of ether oxygens (including phenoxy) is 1. The van der Waals surface area contributed by atoms with Gasteiger partial charge < -0.3 is 14.9 Å². The second-order valence-electron chi connectivity index (χ2n) is 3.37. The summed E-state index contributed by atoms with van der Waals surface area (Å²) in [7, 11) is 0. The molecule has 0 atom stereocenters. The molecular formula is C9H15N3O2. The zero-order valence-electron chi connectivity index (χ0n) is 8.11. The summed E-state index contributed by atoms with van der Waals surface area (Å²) in [6.45, 7) is 4.66. The van der Waals surface area contributed by atoms with Gasteiger partial charge >= 0.3 is 0 Å². The van der Waals surface area contributed by atoms with E-state index in [2.05, 4.69) is 9.88 Å².